The molecule has 0 saturated carbocycles. The van der Waals surface area contributed by atoms with Crippen molar-refractivity contribution in [1.29, 1.82) is 0 Å². The minimum Gasteiger partial charge on any atom is -0.716 e. The average Bonchev–Trinajstić information content (AvgIpc) is 2.47. The highest BCUT2D eigenvalue weighted by molar-refractivity contribution is 8.53. The molecule has 0 heterocycles. The van der Waals surface area contributed by atoms with Crippen molar-refractivity contribution >= 4 is 29.6 Å². The molecule has 0 N–H and O–H groups in total. The molecule has 5 heteroatoms. The summed E-state index contributed by atoms with van der Waals surface area (Å²) in [6, 6.07) is 0. The molecule has 0 atom stereocenters. The lowest BCUT2D eigenvalue weighted by molar-refractivity contribution is 0.370. The second-order valence-electron chi connectivity index (χ2n) is 5.81. The molecule has 0 rings (SSSR count). The van der Waals surface area contributed by atoms with Crippen molar-refractivity contribution in [3.05, 3.63) is 0 Å². The summed E-state index contributed by atoms with van der Waals surface area (Å²) >= 11 is 12.0. The topological polar surface area (TPSA) is 6.48 Å². The number of hydrogen-bond acceptors (Lipinski definition) is 2. The van der Waals surface area contributed by atoms with E-state index in [1.807, 2.05) is 0 Å². The van der Waals surface area contributed by atoms with Crippen molar-refractivity contribution in [3.8, 4) is 0 Å². The van der Waals surface area contributed by atoms with E-state index >= 15 is 0 Å². The SMILES string of the molecule is CCCCN(CCCC)P(=S)([S-])N(CCCC)CCCC. The summed E-state index contributed by atoms with van der Waals surface area (Å²) in [7, 11) is 0. The maximum Gasteiger partial charge on any atom is 0.00219 e. The van der Waals surface area contributed by atoms with E-state index in [1.165, 1.54) is 51.4 Å². The second kappa shape index (κ2) is 13.4. The summed E-state index contributed by atoms with van der Waals surface area (Å²) in [5.41, 5.74) is -1.95. The Morgan fingerprint density at radius 2 is 0.905 bits per heavy atom. The van der Waals surface area contributed by atoms with Gasteiger partial charge in [0.25, 0.3) is 0 Å². The monoisotopic (exact) mass is 351 g/mol. The van der Waals surface area contributed by atoms with Gasteiger partial charge >= 0.3 is 0 Å². The number of unbranched alkanes of at least 4 members (excludes halogenated alkanes) is 4. The second-order valence-corrected chi connectivity index (χ2v) is 11.7. The molecule has 0 aromatic rings. The summed E-state index contributed by atoms with van der Waals surface area (Å²) < 4.78 is 4.96. The van der Waals surface area contributed by atoms with Gasteiger partial charge in [0.1, 0.15) is 0 Å². The molecular formula is C16H36N2PS2-. The Balaban J connectivity index is 4.89. The quantitative estimate of drug-likeness (QED) is 0.298. The normalized spacial score (nSPS) is 12.5. The first-order chi connectivity index (χ1) is 10.0. The lowest BCUT2D eigenvalue weighted by Crippen LogP contribution is -2.33. The molecule has 0 aromatic carbocycles. The van der Waals surface area contributed by atoms with Crippen LogP contribution in [0.2, 0.25) is 0 Å². The number of rotatable bonds is 14. The zero-order valence-electron chi connectivity index (χ0n) is 14.6. The fraction of sp³-hybridized carbons (Fsp3) is 1.00. The average molecular weight is 352 g/mol. The minimum atomic E-state index is -1.95. The van der Waals surface area contributed by atoms with Gasteiger partial charge in [-0.05, 0) is 25.7 Å². The molecule has 0 fully saturated rings. The number of nitrogens with zero attached hydrogens (tertiary/aromatic N) is 2. The maximum absolute atomic E-state index is 6.02. The van der Waals surface area contributed by atoms with E-state index in [0.29, 0.717) is 0 Å². The third-order valence-electron chi connectivity index (χ3n) is 3.79. The largest absolute Gasteiger partial charge is 0.716 e. The highest BCUT2D eigenvalue weighted by atomic mass is 32.9. The van der Waals surface area contributed by atoms with Crippen molar-refractivity contribution in [2.24, 2.45) is 0 Å². The molecule has 0 spiro atoms. The van der Waals surface area contributed by atoms with Crippen molar-refractivity contribution in [3.63, 3.8) is 0 Å². The van der Waals surface area contributed by atoms with Crippen molar-refractivity contribution in [2.45, 2.75) is 79.1 Å². The molecular weight excluding hydrogens is 315 g/mol. The zero-order valence-corrected chi connectivity index (χ0v) is 17.2. The molecule has 0 unspecified atom stereocenters. The number of hydrogen-bond donors (Lipinski definition) is 0. The smallest absolute Gasteiger partial charge is 0.00219 e. The van der Waals surface area contributed by atoms with E-state index in [-0.39, 0.29) is 0 Å². The zero-order chi connectivity index (χ0) is 16.1. The molecule has 0 aliphatic rings. The lowest BCUT2D eigenvalue weighted by Gasteiger charge is -2.49. The van der Waals surface area contributed by atoms with Gasteiger partial charge in [0.15, 0.2) is 0 Å². The van der Waals surface area contributed by atoms with Gasteiger partial charge in [-0.1, -0.05) is 70.7 Å². The first kappa shape index (κ1) is 21.9. The van der Waals surface area contributed by atoms with Gasteiger partial charge in [0.2, 0.25) is 0 Å². The predicted molar refractivity (Wildman–Crippen MR) is 104 cm³/mol. The fourth-order valence-corrected chi connectivity index (χ4v) is 6.16. The molecule has 0 aliphatic carbocycles. The first-order valence-electron chi connectivity index (χ1n) is 8.86. The first-order valence-corrected chi connectivity index (χ1v) is 12.6. The van der Waals surface area contributed by atoms with E-state index in [1.54, 1.807) is 0 Å². The van der Waals surface area contributed by atoms with Gasteiger partial charge < -0.3 is 12.2 Å². The van der Waals surface area contributed by atoms with Crippen LogP contribution < -0.4 is 0 Å². The van der Waals surface area contributed by atoms with Crippen molar-refractivity contribution in [1.82, 2.24) is 9.34 Å². The Bertz CT molecular complexity index is 247. The Kier molecular flexibility index (Phi) is 14.0. The summed E-state index contributed by atoms with van der Waals surface area (Å²) in [6.07, 6.45) is 9.74. The molecule has 0 amide bonds. The highest BCUT2D eigenvalue weighted by Crippen LogP contribution is 2.52. The third-order valence-corrected chi connectivity index (χ3v) is 8.79. The Labute approximate surface area is 144 Å². The van der Waals surface area contributed by atoms with Crippen molar-refractivity contribution < 1.29 is 0 Å². The van der Waals surface area contributed by atoms with Crippen LogP contribution in [0.15, 0.2) is 0 Å². The molecule has 128 valence electrons. The summed E-state index contributed by atoms with van der Waals surface area (Å²) in [6.45, 7) is 13.3. The van der Waals surface area contributed by atoms with Gasteiger partial charge in [-0.25, -0.2) is 0 Å². The molecule has 0 bridgehead atoms. The van der Waals surface area contributed by atoms with Gasteiger partial charge in [0, 0.05) is 26.2 Å². The summed E-state index contributed by atoms with van der Waals surface area (Å²) in [5, 5.41) is 0. The maximum atomic E-state index is 6.02. The van der Waals surface area contributed by atoms with E-state index in [0.717, 1.165) is 26.2 Å². The fourth-order valence-electron chi connectivity index (χ4n) is 2.27. The van der Waals surface area contributed by atoms with Gasteiger partial charge in [0.05, 0.1) is 0 Å². The van der Waals surface area contributed by atoms with Crippen molar-refractivity contribution in [2.75, 3.05) is 26.2 Å². The van der Waals surface area contributed by atoms with Crippen LogP contribution in [-0.4, -0.2) is 35.5 Å². The van der Waals surface area contributed by atoms with Gasteiger partial charge in [-0.3, -0.25) is 9.34 Å². The van der Waals surface area contributed by atoms with Crippen LogP contribution in [0.4, 0.5) is 0 Å². The van der Waals surface area contributed by atoms with Crippen LogP contribution in [-0.2, 0) is 24.1 Å². The molecule has 21 heavy (non-hydrogen) atoms. The van der Waals surface area contributed by atoms with Gasteiger partial charge in [-0.2, -0.15) is 0 Å². The minimum absolute atomic E-state index is 1.09. The predicted octanol–water partition coefficient (Wildman–Crippen LogP) is 5.56. The Morgan fingerprint density at radius 1 is 0.667 bits per heavy atom. The van der Waals surface area contributed by atoms with Crippen LogP contribution >= 0.6 is 5.54 Å². The summed E-state index contributed by atoms with van der Waals surface area (Å²) in [5.74, 6) is 0. The van der Waals surface area contributed by atoms with Crippen LogP contribution in [0.1, 0.15) is 79.1 Å². The third kappa shape index (κ3) is 8.95. The van der Waals surface area contributed by atoms with Gasteiger partial charge in [-0.15, -0.1) is 0 Å². The van der Waals surface area contributed by atoms with E-state index in [4.69, 9.17) is 24.1 Å². The van der Waals surface area contributed by atoms with Crippen LogP contribution in [0.25, 0.3) is 0 Å². The molecule has 2 nitrogen and oxygen atoms in total. The standard InChI is InChI=1S/C16H37N2PS2/c1-5-9-13-17(14-10-6-2)19(20,21)18(15-11-7-3)16-12-8-4/h5-16H2,1-4H3,(H,20,21)/p-1. The highest BCUT2D eigenvalue weighted by Gasteiger charge is 2.19. The molecule has 0 saturated heterocycles. The molecule has 0 aliphatic heterocycles. The van der Waals surface area contributed by atoms with E-state index in [9.17, 15) is 0 Å². The van der Waals surface area contributed by atoms with Crippen LogP contribution in [0.5, 0.6) is 0 Å². The van der Waals surface area contributed by atoms with Crippen LogP contribution in [0.3, 0.4) is 0 Å². The lowest BCUT2D eigenvalue weighted by atomic mass is 10.3. The van der Waals surface area contributed by atoms with E-state index in [2.05, 4.69) is 37.0 Å². The molecule has 0 aromatic heterocycles. The Hall–Kier alpha value is 0.920. The molecule has 0 radical (unpaired) electrons. The Morgan fingerprint density at radius 3 is 1.10 bits per heavy atom. The summed E-state index contributed by atoms with van der Waals surface area (Å²) in [4.78, 5) is 0. The van der Waals surface area contributed by atoms with E-state index < -0.39 is 5.54 Å². The van der Waals surface area contributed by atoms with Crippen LogP contribution in [0, 0.1) is 0 Å².